The number of fused-ring (bicyclic) bond motifs is 1. The summed E-state index contributed by atoms with van der Waals surface area (Å²) in [7, 11) is 0. The molecule has 2 aliphatic heterocycles. The molecule has 124 valence electrons. The SMILES string of the molecule is CCN1CCCC(c2nn(-c3ccc(C#N)cc3)c3c2CCN3)C1. The second kappa shape index (κ2) is 6.29. The van der Waals surface area contributed by atoms with Crippen molar-refractivity contribution in [3.63, 3.8) is 0 Å². The molecule has 2 aromatic rings. The molecule has 0 bridgehead atoms. The molecule has 1 atom stereocenters. The fourth-order valence-corrected chi connectivity index (χ4v) is 3.96. The van der Waals surface area contributed by atoms with Crippen LogP contribution in [0.1, 0.15) is 42.5 Å². The molecule has 5 nitrogen and oxygen atoms in total. The van der Waals surface area contributed by atoms with E-state index in [1.807, 2.05) is 28.9 Å². The number of benzene rings is 1. The van der Waals surface area contributed by atoms with Gasteiger partial charge in [-0.25, -0.2) is 4.68 Å². The zero-order valence-electron chi connectivity index (χ0n) is 14.1. The summed E-state index contributed by atoms with van der Waals surface area (Å²) < 4.78 is 2.03. The lowest BCUT2D eigenvalue weighted by Crippen LogP contribution is -2.34. The van der Waals surface area contributed by atoms with Gasteiger partial charge in [0.05, 0.1) is 23.0 Å². The Hall–Kier alpha value is -2.32. The van der Waals surface area contributed by atoms with Gasteiger partial charge >= 0.3 is 0 Å². The molecule has 0 spiro atoms. The number of nitrogens with zero attached hydrogens (tertiary/aromatic N) is 4. The van der Waals surface area contributed by atoms with Crippen LogP contribution in [0.15, 0.2) is 24.3 Å². The Labute approximate surface area is 142 Å². The number of aromatic nitrogens is 2. The van der Waals surface area contributed by atoms with E-state index in [2.05, 4.69) is 23.2 Å². The zero-order chi connectivity index (χ0) is 16.5. The normalized spacial score (nSPS) is 20.4. The number of piperidine rings is 1. The highest BCUT2D eigenvalue weighted by molar-refractivity contribution is 5.58. The molecule has 4 rings (SSSR count). The van der Waals surface area contributed by atoms with Crippen molar-refractivity contribution in [1.29, 1.82) is 5.26 Å². The van der Waals surface area contributed by atoms with Crippen molar-refractivity contribution in [1.82, 2.24) is 14.7 Å². The molecule has 0 aliphatic carbocycles. The molecule has 1 N–H and O–H groups in total. The molecule has 1 saturated heterocycles. The van der Waals surface area contributed by atoms with Crippen LogP contribution in [0.5, 0.6) is 0 Å². The van der Waals surface area contributed by atoms with E-state index < -0.39 is 0 Å². The first-order valence-electron chi connectivity index (χ1n) is 8.88. The summed E-state index contributed by atoms with van der Waals surface area (Å²) in [6, 6.07) is 9.85. The monoisotopic (exact) mass is 321 g/mol. The largest absolute Gasteiger partial charge is 0.369 e. The van der Waals surface area contributed by atoms with Gasteiger partial charge in [-0.05, 0) is 56.6 Å². The Balaban J connectivity index is 1.71. The van der Waals surface area contributed by atoms with Crippen LogP contribution >= 0.6 is 0 Å². The molecule has 1 unspecified atom stereocenters. The van der Waals surface area contributed by atoms with Gasteiger partial charge in [0.2, 0.25) is 0 Å². The molecular weight excluding hydrogens is 298 g/mol. The molecule has 5 heteroatoms. The summed E-state index contributed by atoms with van der Waals surface area (Å²) in [4.78, 5) is 2.53. The third kappa shape index (κ3) is 2.57. The smallest absolute Gasteiger partial charge is 0.133 e. The van der Waals surface area contributed by atoms with Crippen molar-refractivity contribution in [3.05, 3.63) is 41.1 Å². The Morgan fingerprint density at radius 1 is 1.33 bits per heavy atom. The summed E-state index contributed by atoms with van der Waals surface area (Å²) >= 11 is 0. The van der Waals surface area contributed by atoms with E-state index in [9.17, 15) is 0 Å². The van der Waals surface area contributed by atoms with E-state index >= 15 is 0 Å². The summed E-state index contributed by atoms with van der Waals surface area (Å²) in [5, 5.41) is 17.5. The third-order valence-corrected chi connectivity index (χ3v) is 5.26. The van der Waals surface area contributed by atoms with Crippen LogP contribution in [0.2, 0.25) is 0 Å². The lowest BCUT2D eigenvalue weighted by atomic mass is 9.92. The van der Waals surface area contributed by atoms with Gasteiger partial charge < -0.3 is 10.2 Å². The minimum atomic E-state index is 0.534. The number of anilines is 1. The van der Waals surface area contributed by atoms with Crippen LogP contribution < -0.4 is 5.32 Å². The Morgan fingerprint density at radius 3 is 2.92 bits per heavy atom. The number of hydrogen-bond donors (Lipinski definition) is 1. The van der Waals surface area contributed by atoms with E-state index in [-0.39, 0.29) is 0 Å². The number of hydrogen-bond acceptors (Lipinski definition) is 4. The van der Waals surface area contributed by atoms with E-state index in [0.717, 1.165) is 37.6 Å². The fourth-order valence-electron chi connectivity index (χ4n) is 3.96. The number of likely N-dealkylation sites (tertiary alicyclic amines) is 1. The first-order valence-corrected chi connectivity index (χ1v) is 8.88. The predicted octanol–water partition coefficient (Wildman–Crippen LogP) is 2.91. The van der Waals surface area contributed by atoms with Crippen LogP contribution in [0.25, 0.3) is 5.69 Å². The lowest BCUT2D eigenvalue weighted by molar-refractivity contribution is 0.215. The molecule has 24 heavy (non-hydrogen) atoms. The third-order valence-electron chi connectivity index (χ3n) is 5.26. The molecule has 1 fully saturated rings. The van der Waals surface area contributed by atoms with Crippen LogP contribution in [0.4, 0.5) is 5.82 Å². The standard InChI is InChI=1S/C19H23N5/c1-2-23-11-3-4-15(13-23)18-17-9-10-21-19(17)24(22-18)16-7-5-14(12-20)6-8-16/h5-8,15,21H,2-4,9-11,13H2,1H3. The highest BCUT2D eigenvalue weighted by Crippen LogP contribution is 2.36. The molecule has 3 heterocycles. The number of likely N-dealkylation sites (N-methyl/N-ethyl adjacent to an activating group) is 1. The van der Waals surface area contributed by atoms with E-state index in [4.69, 9.17) is 10.4 Å². The van der Waals surface area contributed by atoms with Gasteiger partial charge in [0.15, 0.2) is 0 Å². The van der Waals surface area contributed by atoms with Gasteiger partial charge in [-0.3, -0.25) is 0 Å². The van der Waals surface area contributed by atoms with Gasteiger partial charge in [0.25, 0.3) is 0 Å². The van der Waals surface area contributed by atoms with Crippen LogP contribution in [-0.2, 0) is 6.42 Å². The minimum absolute atomic E-state index is 0.534. The van der Waals surface area contributed by atoms with Gasteiger partial charge in [-0.2, -0.15) is 10.4 Å². The molecular formula is C19H23N5. The molecule has 0 saturated carbocycles. The number of nitriles is 1. The Morgan fingerprint density at radius 2 is 2.17 bits per heavy atom. The highest BCUT2D eigenvalue weighted by atomic mass is 15.3. The first kappa shape index (κ1) is 15.2. The highest BCUT2D eigenvalue weighted by Gasteiger charge is 2.30. The predicted molar refractivity (Wildman–Crippen MR) is 94.6 cm³/mol. The van der Waals surface area contributed by atoms with Crippen molar-refractivity contribution in [2.45, 2.75) is 32.1 Å². The minimum Gasteiger partial charge on any atom is -0.369 e. The second-order valence-electron chi connectivity index (χ2n) is 6.69. The summed E-state index contributed by atoms with van der Waals surface area (Å²) in [5.41, 5.74) is 4.37. The van der Waals surface area contributed by atoms with E-state index in [0.29, 0.717) is 11.5 Å². The van der Waals surface area contributed by atoms with Crippen LogP contribution in [-0.4, -0.2) is 40.9 Å². The molecule has 0 radical (unpaired) electrons. The van der Waals surface area contributed by atoms with Gasteiger partial charge in [-0.1, -0.05) is 6.92 Å². The summed E-state index contributed by atoms with van der Waals surface area (Å²) in [6.07, 6.45) is 3.54. The quantitative estimate of drug-likeness (QED) is 0.944. The molecule has 1 aromatic heterocycles. The topological polar surface area (TPSA) is 56.9 Å². The second-order valence-corrected chi connectivity index (χ2v) is 6.69. The summed E-state index contributed by atoms with van der Waals surface area (Å²) in [6.45, 7) is 6.68. The van der Waals surface area contributed by atoms with Crippen molar-refractivity contribution < 1.29 is 0 Å². The van der Waals surface area contributed by atoms with Crippen LogP contribution in [0, 0.1) is 11.3 Å². The van der Waals surface area contributed by atoms with E-state index in [1.165, 1.54) is 30.6 Å². The fraction of sp³-hybridized carbons (Fsp3) is 0.474. The molecule has 2 aliphatic rings. The average molecular weight is 321 g/mol. The lowest BCUT2D eigenvalue weighted by Gasteiger charge is -2.31. The number of rotatable bonds is 3. The van der Waals surface area contributed by atoms with Crippen molar-refractivity contribution in [2.75, 3.05) is 31.5 Å². The van der Waals surface area contributed by atoms with Crippen molar-refractivity contribution in [3.8, 4) is 11.8 Å². The molecule has 1 aromatic carbocycles. The van der Waals surface area contributed by atoms with Crippen molar-refractivity contribution in [2.24, 2.45) is 0 Å². The van der Waals surface area contributed by atoms with Gasteiger partial charge in [0.1, 0.15) is 5.82 Å². The van der Waals surface area contributed by atoms with Crippen LogP contribution in [0.3, 0.4) is 0 Å². The van der Waals surface area contributed by atoms with Gasteiger partial charge in [-0.15, -0.1) is 0 Å². The maximum absolute atomic E-state index is 8.99. The van der Waals surface area contributed by atoms with E-state index in [1.54, 1.807) is 0 Å². The Bertz CT molecular complexity index is 768. The maximum Gasteiger partial charge on any atom is 0.133 e. The number of nitrogens with one attached hydrogen (secondary N) is 1. The Kier molecular flexibility index (Phi) is 3.99. The maximum atomic E-state index is 8.99. The molecule has 0 amide bonds. The summed E-state index contributed by atoms with van der Waals surface area (Å²) in [5.74, 6) is 1.68. The van der Waals surface area contributed by atoms with Crippen molar-refractivity contribution >= 4 is 5.82 Å². The van der Waals surface area contributed by atoms with Gasteiger partial charge in [0, 0.05) is 24.6 Å². The average Bonchev–Trinajstić information content (AvgIpc) is 3.24. The zero-order valence-corrected chi connectivity index (χ0v) is 14.1. The first-order chi connectivity index (χ1) is 11.8.